The highest BCUT2D eigenvalue weighted by molar-refractivity contribution is 7.72. The molecule has 0 aliphatic carbocycles. The smallest absolute Gasteiger partial charge is 0.122 e. The molecule has 2 aromatic carbocycles. The van der Waals surface area contributed by atoms with Crippen molar-refractivity contribution < 1.29 is 4.74 Å². The maximum Gasteiger partial charge on any atom is 0.122 e. The molecule has 0 heterocycles. The van der Waals surface area contributed by atoms with Gasteiger partial charge in [-0.25, -0.2) is 0 Å². The zero-order chi connectivity index (χ0) is 11.4. The molecule has 0 bridgehead atoms. The summed E-state index contributed by atoms with van der Waals surface area (Å²) in [6, 6.07) is 19.0. The molecule has 1 nitrogen and oxygen atoms in total. The fourth-order valence-corrected chi connectivity index (χ4v) is 3.44. The van der Waals surface area contributed by atoms with E-state index < -0.39 is 7.92 Å². The predicted octanol–water partition coefficient (Wildman–Crippen LogP) is 2.49. The molecule has 1 unspecified atom stereocenters. The second kappa shape index (κ2) is 5.14. The average molecular weight is 231 g/mol. The third-order valence-electron chi connectivity index (χ3n) is 2.71. The minimum Gasteiger partial charge on any atom is -0.497 e. The first-order valence-corrected chi connectivity index (χ1v) is 7.34. The van der Waals surface area contributed by atoms with Gasteiger partial charge < -0.3 is 4.74 Å². The van der Waals surface area contributed by atoms with Crippen molar-refractivity contribution in [2.45, 2.75) is 0 Å². The lowest BCUT2D eigenvalue weighted by molar-refractivity contribution is 0.415. The highest BCUT2D eigenvalue weighted by Crippen LogP contribution is 2.29. The Morgan fingerprint density at radius 1 is 0.875 bits per heavy atom. The standard InChI is InChI=1S/C14H15OP/c1-15-12-7-6-10-14(11-12)16(2)13-8-4-3-5-9-13/h3-11H,1-2H3/p+1. The first-order chi connectivity index (χ1) is 7.81. The summed E-state index contributed by atoms with van der Waals surface area (Å²) < 4.78 is 5.26. The van der Waals surface area contributed by atoms with Crippen molar-refractivity contribution in [3.63, 3.8) is 0 Å². The lowest BCUT2D eigenvalue weighted by Crippen LogP contribution is -2.10. The molecule has 0 aromatic heterocycles. The molecule has 82 valence electrons. The highest BCUT2D eigenvalue weighted by atomic mass is 31.1. The molecule has 1 atom stereocenters. The Bertz CT molecular complexity index is 453. The van der Waals surface area contributed by atoms with Crippen LogP contribution < -0.4 is 15.3 Å². The van der Waals surface area contributed by atoms with Gasteiger partial charge in [-0.2, -0.15) is 0 Å². The van der Waals surface area contributed by atoms with E-state index in [0.717, 1.165) is 5.75 Å². The Labute approximate surface area is 97.8 Å². The molecule has 0 radical (unpaired) electrons. The second-order valence-corrected chi connectivity index (χ2v) is 6.13. The first-order valence-electron chi connectivity index (χ1n) is 5.34. The van der Waals surface area contributed by atoms with Crippen molar-refractivity contribution in [1.82, 2.24) is 0 Å². The normalized spacial score (nSPS) is 12.1. The van der Waals surface area contributed by atoms with E-state index in [1.165, 1.54) is 10.6 Å². The summed E-state index contributed by atoms with van der Waals surface area (Å²) in [5.41, 5.74) is 0. The SMILES string of the molecule is COc1cccc([PH+](C)c2ccccc2)c1. The van der Waals surface area contributed by atoms with Crippen LogP contribution in [0.1, 0.15) is 0 Å². The molecule has 2 aromatic rings. The minimum atomic E-state index is -0.657. The van der Waals surface area contributed by atoms with Crippen molar-refractivity contribution >= 4 is 18.5 Å². The summed E-state index contributed by atoms with van der Waals surface area (Å²) in [4.78, 5) is 0. The monoisotopic (exact) mass is 231 g/mol. The van der Waals surface area contributed by atoms with Gasteiger partial charge >= 0.3 is 0 Å². The molecule has 0 spiro atoms. The summed E-state index contributed by atoms with van der Waals surface area (Å²) in [6.07, 6.45) is 0. The van der Waals surface area contributed by atoms with E-state index in [0.29, 0.717) is 0 Å². The molecule has 0 aliphatic rings. The highest BCUT2D eigenvalue weighted by Gasteiger charge is 2.15. The Morgan fingerprint density at radius 3 is 2.25 bits per heavy atom. The van der Waals surface area contributed by atoms with Gasteiger partial charge in [0.2, 0.25) is 0 Å². The third-order valence-corrected chi connectivity index (χ3v) is 5.09. The average Bonchev–Trinajstić information content (AvgIpc) is 2.39. The van der Waals surface area contributed by atoms with Gasteiger partial charge in [0.25, 0.3) is 0 Å². The fraction of sp³-hybridized carbons (Fsp3) is 0.143. The van der Waals surface area contributed by atoms with E-state index in [9.17, 15) is 0 Å². The lowest BCUT2D eigenvalue weighted by atomic mass is 10.3. The molecule has 16 heavy (non-hydrogen) atoms. The fourth-order valence-electron chi connectivity index (χ4n) is 1.71. The summed E-state index contributed by atoms with van der Waals surface area (Å²) in [7, 11) is 1.06. The minimum absolute atomic E-state index is 0.657. The van der Waals surface area contributed by atoms with E-state index in [1.807, 2.05) is 6.07 Å². The van der Waals surface area contributed by atoms with Gasteiger partial charge in [-0.15, -0.1) is 0 Å². The Hall–Kier alpha value is -1.33. The van der Waals surface area contributed by atoms with E-state index in [4.69, 9.17) is 4.74 Å². The van der Waals surface area contributed by atoms with Gasteiger partial charge in [-0.1, -0.05) is 24.3 Å². The second-order valence-electron chi connectivity index (χ2n) is 3.72. The van der Waals surface area contributed by atoms with Crippen molar-refractivity contribution in [2.75, 3.05) is 13.8 Å². The first kappa shape index (κ1) is 11.2. The number of benzene rings is 2. The van der Waals surface area contributed by atoms with Crippen LogP contribution in [0.3, 0.4) is 0 Å². The van der Waals surface area contributed by atoms with Gasteiger partial charge in [0.15, 0.2) is 0 Å². The summed E-state index contributed by atoms with van der Waals surface area (Å²) in [6.45, 7) is 2.31. The van der Waals surface area contributed by atoms with Crippen LogP contribution in [-0.2, 0) is 0 Å². The molecular weight excluding hydrogens is 215 g/mol. The van der Waals surface area contributed by atoms with Gasteiger partial charge in [0, 0.05) is 6.07 Å². The topological polar surface area (TPSA) is 9.23 Å². The zero-order valence-electron chi connectivity index (χ0n) is 9.60. The van der Waals surface area contributed by atoms with Crippen LogP contribution in [0.15, 0.2) is 54.6 Å². The molecule has 0 saturated carbocycles. The molecule has 0 aliphatic heterocycles. The molecule has 2 rings (SSSR count). The summed E-state index contributed by atoms with van der Waals surface area (Å²) in [5.74, 6) is 0.942. The number of methoxy groups -OCH3 is 1. The molecule has 2 heteroatoms. The summed E-state index contributed by atoms with van der Waals surface area (Å²) >= 11 is 0. The van der Waals surface area contributed by atoms with Crippen LogP contribution in [0.5, 0.6) is 5.75 Å². The van der Waals surface area contributed by atoms with Crippen LogP contribution in [0, 0.1) is 0 Å². The molecule has 0 fully saturated rings. The van der Waals surface area contributed by atoms with E-state index in [-0.39, 0.29) is 0 Å². The van der Waals surface area contributed by atoms with Crippen LogP contribution in [-0.4, -0.2) is 13.8 Å². The Balaban J connectivity index is 2.30. The zero-order valence-corrected chi connectivity index (χ0v) is 10.6. The van der Waals surface area contributed by atoms with Crippen molar-refractivity contribution in [3.8, 4) is 5.75 Å². The third kappa shape index (κ3) is 2.43. The van der Waals surface area contributed by atoms with Crippen LogP contribution in [0.4, 0.5) is 0 Å². The van der Waals surface area contributed by atoms with E-state index in [2.05, 4.69) is 55.2 Å². The van der Waals surface area contributed by atoms with Crippen molar-refractivity contribution in [1.29, 1.82) is 0 Å². The molecular formula is C14H16OP+. The molecule has 0 amide bonds. The van der Waals surface area contributed by atoms with Crippen LogP contribution >= 0.6 is 7.92 Å². The van der Waals surface area contributed by atoms with Crippen molar-refractivity contribution in [2.24, 2.45) is 0 Å². The number of hydrogen-bond donors (Lipinski definition) is 0. The summed E-state index contributed by atoms with van der Waals surface area (Å²) in [5, 5.41) is 2.82. The molecule has 0 N–H and O–H groups in total. The van der Waals surface area contributed by atoms with Gasteiger partial charge in [0.05, 0.1) is 27.0 Å². The number of rotatable bonds is 3. The van der Waals surface area contributed by atoms with E-state index in [1.54, 1.807) is 7.11 Å². The lowest BCUT2D eigenvalue weighted by Gasteiger charge is -2.06. The maximum atomic E-state index is 5.26. The number of ether oxygens (including phenoxy) is 1. The number of hydrogen-bond acceptors (Lipinski definition) is 1. The Morgan fingerprint density at radius 2 is 1.56 bits per heavy atom. The Kier molecular flexibility index (Phi) is 3.58. The van der Waals surface area contributed by atoms with Crippen LogP contribution in [0.25, 0.3) is 0 Å². The van der Waals surface area contributed by atoms with Crippen molar-refractivity contribution in [3.05, 3.63) is 54.6 Å². The van der Waals surface area contributed by atoms with Gasteiger partial charge in [-0.05, 0) is 24.3 Å². The maximum absolute atomic E-state index is 5.26. The molecule has 0 saturated heterocycles. The van der Waals surface area contributed by atoms with Gasteiger partial charge in [0.1, 0.15) is 11.1 Å². The van der Waals surface area contributed by atoms with E-state index >= 15 is 0 Å². The predicted molar refractivity (Wildman–Crippen MR) is 72.9 cm³/mol. The largest absolute Gasteiger partial charge is 0.497 e. The quantitative estimate of drug-likeness (QED) is 0.737. The van der Waals surface area contributed by atoms with Crippen LogP contribution in [0.2, 0.25) is 0 Å². The van der Waals surface area contributed by atoms with Gasteiger partial charge in [-0.3, -0.25) is 0 Å².